The van der Waals surface area contributed by atoms with Crippen LogP contribution in [0.3, 0.4) is 0 Å². The van der Waals surface area contributed by atoms with Crippen molar-refractivity contribution in [2.75, 3.05) is 13.2 Å². The zero-order chi connectivity index (χ0) is 18.5. The number of ether oxygens (including phenoxy) is 2. The average Bonchev–Trinajstić information content (AvgIpc) is 2.66. The minimum absolute atomic E-state index is 0.119. The molecular formula is C22H25NO3. The van der Waals surface area contributed by atoms with Gasteiger partial charge < -0.3 is 14.8 Å². The lowest BCUT2D eigenvalue weighted by atomic mass is 10.0. The normalized spacial score (nSPS) is 14.5. The van der Waals surface area contributed by atoms with Gasteiger partial charge >= 0.3 is 0 Å². The summed E-state index contributed by atoms with van der Waals surface area (Å²) in [4.78, 5) is 12.2. The van der Waals surface area contributed by atoms with Gasteiger partial charge in [0.2, 0.25) is 5.91 Å². The van der Waals surface area contributed by atoms with Crippen LogP contribution in [-0.4, -0.2) is 19.1 Å². The first-order chi connectivity index (χ1) is 12.5. The molecule has 0 bridgehead atoms. The highest BCUT2D eigenvalue weighted by molar-refractivity contribution is 5.92. The second kappa shape index (κ2) is 8.09. The second-order valence-corrected chi connectivity index (χ2v) is 6.79. The number of carbonyl (C=O) groups excluding carboxylic acids is 1. The highest BCUT2D eigenvalue weighted by Gasteiger charge is 2.15. The summed E-state index contributed by atoms with van der Waals surface area (Å²) in [5.74, 6) is 1.86. The maximum atomic E-state index is 12.2. The van der Waals surface area contributed by atoms with E-state index in [1.807, 2.05) is 43.3 Å². The fourth-order valence-corrected chi connectivity index (χ4v) is 2.84. The predicted octanol–water partition coefficient (Wildman–Crippen LogP) is 4.47. The van der Waals surface area contributed by atoms with Gasteiger partial charge in [0.05, 0.1) is 6.04 Å². The standard InChI is InChI=1S/C22H25NO3/c1-15(2)18-7-4-17(5-8-18)6-11-22(24)23-16(3)19-9-10-20-21(14-19)26-13-12-25-20/h4-11,14-16H,12-13H2,1-3H3,(H,23,24). The minimum atomic E-state index is -0.125. The Hall–Kier alpha value is -2.75. The van der Waals surface area contributed by atoms with Crippen LogP contribution in [0.1, 0.15) is 49.4 Å². The number of benzene rings is 2. The van der Waals surface area contributed by atoms with Gasteiger partial charge in [0.1, 0.15) is 13.2 Å². The van der Waals surface area contributed by atoms with E-state index in [0.29, 0.717) is 19.1 Å². The Morgan fingerprint density at radius 1 is 0.962 bits per heavy atom. The molecule has 0 radical (unpaired) electrons. The molecule has 1 N–H and O–H groups in total. The first-order valence-electron chi connectivity index (χ1n) is 9.01. The fraction of sp³-hybridized carbons (Fsp3) is 0.318. The Labute approximate surface area is 154 Å². The molecule has 4 nitrogen and oxygen atoms in total. The first-order valence-corrected chi connectivity index (χ1v) is 9.01. The van der Waals surface area contributed by atoms with Gasteiger partial charge in [-0.25, -0.2) is 0 Å². The second-order valence-electron chi connectivity index (χ2n) is 6.79. The van der Waals surface area contributed by atoms with E-state index in [0.717, 1.165) is 22.6 Å². The monoisotopic (exact) mass is 351 g/mol. The highest BCUT2D eigenvalue weighted by atomic mass is 16.6. The van der Waals surface area contributed by atoms with Gasteiger partial charge in [-0.1, -0.05) is 44.2 Å². The Kier molecular flexibility index (Phi) is 5.61. The lowest BCUT2D eigenvalue weighted by Gasteiger charge is -2.20. The predicted molar refractivity (Wildman–Crippen MR) is 104 cm³/mol. The van der Waals surface area contributed by atoms with E-state index in [4.69, 9.17) is 9.47 Å². The van der Waals surface area contributed by atoms with Crippen LogP contribution in [0, 0.1) is 0 Å². The van der Waals surface area contributed by atoms with Crippen molar-refractivity contribution in [1.29, 1.82) is 0 Å². The van der Waals surface area contributed by atoms with Crippen LogP contribution in [0.2, 0.25) is 0 Å². The molecule has 2 aromatic carbocycles. The third kappa shape index (κ3) is 4.45. The number of fused-ring (bicyclic) bond motifs is 1. The third-order valence-electron chi connectivity index (χ3n) is 4.46. The van der Waals surface area contributed by atoms with E-state index >= 15 is 0 Å². The van der Waals surface area contributed by atoms with Crippen LogP contribution in [0.5, 0.6) is 11.5 Å². The van der Waals surface area contributed by atoms with E-state index in [1.54, 1.807) is 6.08 Å². The molecule has 1 atom stereocenters. The van der Waals surface area contributed by atoms with Crippen LogP contribution in [0.25, 0.3) is 6.08 Å². The highest BCUT2D eigenvalue weighted by Crippen LogP contribution is 2.32. The average molecular weight is 351 g/mol. The molecule has 136 valence electrons. The maximum absolute atomic E-state index is 12.2. The number of nitrogens with one attached hydrogen (secondary N) is 1. The van der Waals surface area contributed by atoms with Crippen molar-refractivity contribution < 1.29 is 14.3 Å². The maximum Gasteiger partial charge on any atom is 0.244 e. The van der Waals surface area contributed by atoms with E-state index in [1.165, 1.54) is 5.56 Å². The molecule has 0 saturated carbocycles. The van der Waals surface area contributed by atoms with Gasteiger partial charge in [-0.15, -0.1) is 0 Å². The fourth-order valence-electron chi connectivity index (χ4n) is 2.84. The summed E-state index contributed by atoms with van der Waals surface area (Å²) in [5.41, 5.74) is 3.28. The summed E-state index contributed by atoms with van der Waals surface area (Å²) in [5, 5.41) is 2.98. The largest absolute Gasteiger partial charge is 0.486 e. The number of carbonyl (C=O) groups is 1. The molecule has 0 aromatic heterocycles. The molecule has 1 amide bonds. The van der Waals surface area contributed by atoms with Gasteiger partial charge in [0.25, 0.3) is 0 Å². The number of hydrogen-bond donors (Lipinski definition) is 1. The summed E-state index contributed by atoms with van der Waals surface area (Å²) < 4.78 is 11.1. The molecule has 4 heteroatoms. The van der Waals surface area contributed by atoms with Gasteiger partial charge in [0.15, 0.2) is 11.5 Å². The van der Waals surface area contributed by atoms with Crippen LogP contribution < -0.4 is 14.8 Å². The van der Waals surface area contributed by atoms with Crippen molar-refractivity contribution >= 4 is 12.0 Å². The number of amides is 1. The molecule has 1 aliphatic rings. The molecule has 1 aliphatic heterocycles. The van der Waals surface area contributed by atoms with Crippen LogP contribution in [0.15, 0.2) is 48.5 Å². The zero-order valence-electron chi connectivity index (χ0n) is 15.5. The van der Waals surface area contributed by atoms with Gasteiger partial charge in [-0.3, -0.25) is 4.79 Å². The molecule has 3 rings (SSSR count). The minimum Gasteiger partial charge on any atom is -0.486 e. The summed E-state index contributed by atoms with van der Waals surface area (Å²) in [6.45, 7) is 7.40. The van der Waals surface area contributed by atoms with Crippen LogP contribution in [0.4, 0.5) is 0 Å². The van der Waals surface area contributed by atoms with Gasteiger partial charge in [0, 0.05) is 6.08 Å². The molecule has 1 heterocycles. The van der Waals surface area contributed by atoms with E-state index < -0.39 is 0 Å². The molecule has 0 spiro atoms. The van der Waals surface area contributed by atoms with E-state index in [-0.39, 0.29) is 11.9 Å². The molecular weight excluding hydrogens is 326 g/mol. The summed E-state index contributed by atoms with van der Waals surface area (Å²) in [6.07, 6.45) is 3.40. The zero-order valence-corrected chi connectivity index (χ0v) is 15.5. The summed E-state index contributed by atoms with van der Waals surface area (Å²) in [6, 6.07) is 13.9. The smallest absolute Gasteiger partial charge is 0.244 e. The Morgan fingerprint density at radius 3 is 2.31 bits per heavy atom. The lowest BCUT2D eigenvalue weighted by molar-refractivity contribution is -0.117. The third-order valence-corrected chi connectivity index (χ3v) is 4.46. The van der Waals surface area contributed by atoms with E-state index in [2.05, 4.69) is 31.3 Å². The number of rotatable bonds is 5. The van der Waals surface area contributed by atoms with Crippen molar-refractivity contribution in [1.82, 2.24) is 5.32 Å². The molecule has 2 aromatic rings. The van der Waals surface area contributed by atoms with Crippen LogP contribution in [-0.2, 0) is 4.79 Å². The molecule has 0 aliphatic carbocycles. The SMILES string of the molecule is CC(C)c1ccc(C=CC(=O)NC(C)c2ccc3c(c2)OCCO3)cc1. The van der Waals surface area contributed by atoms with Crippen molar-refractivity contribution in [2.45, 2.75) is 32.7 Å². The van der Waals surface area contributed by atoms with Gasteiger partial charge in [-0.05, 0) is 47.7 Å². The van der Waals surface area contributed by atoms with Crippen LogP contribution >= 0.6 is 0 Å². The summed E-state index contributed by atoms with van der Waals surface area (Å²) in [7, 11) is 0. The summed E-state index contributed by atoms with van der Waals surface area (Å²) >= 11 is 0. The molecule has 0 saturated heterocycles. The topological polar surface area (TPSA) is 47.6 Å². The van der Waals surface area contributed by atoms with Crippen molar-refractivity contribution in [3.8, 4) is 11.5 Å². The Balaban J connectivity index is 1.60. The quantitative estimate of drug-likeness (QED) is 0.809. The van der Waals surface area contributed by atoms with Crippen molar-refractivity contribution in [3.05, 3.63) is 65.2 Å². The lowest BCUT2D eigenvalue weighted by Crippen LogP contribution is -2.25. The Morgan fingerprint density at radius 2 is 1.62 bits per heavy atom. The molecule has 1 unspecified atom stereocenters. The van der Waals surface area contributed by atoms with Crippen molar-refractivity contribution in [3.63, 3.8) is 0 Å². The number of hydrogen-bond acceptors (Lipinski definition) is 3. The van der Waals surface area contributed by atoms with Crippen molar-refractivity contribution in [2.24, 2.45) is 0 Å². The molecule has 0 fully saturated rings. The molecule has 26 heavy (non-hydrogen) atoms. The Bertz CT molecular complexity index is 794. The first kappa shape index (κ1) is 18.1. The van der Waals surface area contributed by atoms with E-state index in [9.17, 15) is 4.79 Å². The van der Waals surface area contributed by atoms with Gasteiger partial charge in [-0.2, -0.15) is 0 Å².